The molecule has 3 aliphatic rings. The number of carbonyl (C=O) groups is 2. The summed E-state index contributed by atoms with van der Waals surface area (Å²) in [7, 11) is 0. The van der Waals surface area contributed by atoms with Crippen LogP contribution in [0.3, 0.4) is 0 Å². The highest BCUT2D eigenvalue weighted by molar-refractivity contribution is 6.00. The average molecular weight is 516 g/mol. The Labute approximate surface area is 226 Å². The van der Waals surface area contributed by atoms with Gasteiger partial charge in [-0.1, -0.05) is 68.4 Å². The first-order valence-electron chi connectivity index (χ1n) is 14.3. The maximum atomic E-state index is 13.9. The van der Waals surface area contributed by atoms with E-state index in [1.54, 1.807) is 6.92 Å². The first-order chi connectivity index (χ1) is 18.4. The number of nitrogens with one attached hydrogen (secondary N) is 2. The van der Waals surface area contributed by atoms with Gasteiger partial charge in [0.05, 0.1) is 18.3 Å². The molecule has 0 radical (unpaired) electrons. The maximum Gasteiger partial charge on any atom is 0.246 e. The molecule has 2 amide bonds. The van der Waals surface area contributed by atoms with E-state index >= 15 is 0 Å². The molecule has 2 saturated heterocycles. The highest BCUT2D eigenvalue weighted by atomic mass is 16.2. The predicted molar refractivity (Wildman–Crippen MR) is 148 cm³/mol. The van der Waals surface area contributed by atoms with Crippen LogP contribution in [0.2, 0.25) is 0 Å². The number of piperazine rings is 1. The molecule has 1 spiro atoms. The SMILES string of the molecule is CC#CCN1C(=O)[C@H](CC2CCCCC2)NC(=O)C12CCN(C(c1ccccc1)c1c(C)n[nH]c1C)CC2. The number of rotatable bonds is 6. The largest absolute Gasteiger partial charge is 0.342 e. The fourth-order valence-electron chi connectivity index (χ4n) is 6.99. The van der Waals surface area contributed by atoms with Crippen LogP contribution in [0.15, 0.2) is 30.3 Å². The number of aromatic nitrogens is 2. The van der Waals surface area contributed by atoms with E-state index in [-0.39, 0.29) is 17.9 Å². The second kappa shape index (κ2) is 11.3. The lowest BCUT2D eigenvalue weighted by Crippen LogP contribution is -2.73. The van der Waals surface area contributed by atoms with Crippen molar-refractivity contribution in [1.82, 2.24) is 25.3 Å². The van der Waals surface area contributed by atoms with Crippen molar-refractivity contribution in [3.8, 4) is 11.8 Å². The second-order valence-electron chi connectivity index (χ2n) is 11.3. The minimum absolute atomic E-state index is 0.00222. The summed E-state index contributed by atoms with van der Waals surface area (Å²) in [6.07, 6.45) is 7.96. The van der Waals surface area contributed by atoms with Gasteiger partial charge in [-0.15, -0.1) is 5.92 Å². The third-order valence-electron chi connectivity index (χ3n) is 9.08. The molecule has 1 unspecified atom stereocenters. The zero-order valence-electron chi connectivity index (χ0n) is 23.1. The fraction of sp³-hybridized carbons (Fsp3) is 0.581. The monoisotopic (exact) mass is 515 g/mol. The van der Waals surface area contributed by atoms with Gasteiger partial charge in [-0.25, -0.2) is 0 Å². The molecule has 7 nitrogen and oxygen atoms in total. The molecule has 2 aliphatic heterocycles. The number of amides is 2. The van der Waals surface area contributed by atoms with Crippen molar-refractivity contribution in [3.05, 3.63) is 52.8 Å². The molecule has 202 valence electrons. The average Bonchev–Trinajstić information content (AvgIpc) is 3.27. The summed E-state index contributed by atoms with van der Waals surface area (Å²) in [6, 6.07) is 10.1. The van der Waals surface area contributed by atoms with E-state index in [0.29, 0.717) is 38.4 Å². The number of nitrogens with zero attached hydrogens (tertiary/aromatic N) is 3. The summed E-state index contributed by atoms with van der Waals surface area (Å²) in [5.74, 6) is 6.63. The van der Waals surface area contributed by atoms with Crippen LogP contribution < -0.4 is 5.32 Å². The van der Waals surface area contributed by atoms with Crippen molar-refractivity contribution >= 4 is 11.8 Å². The Morgan fingerprint density at radius 3 is 2.42 bits per heavy atom. The Morgan fingerprint density at radius 1 is 1.08 bits per heavy atom. The summed E-state index contributed by atoms with van der Waals surface area (Å²) in [4.78, 5) is 32.0. The Hall–Kier alpha value is -3.11. The number of likely N-dealkylation sites (tertiary alicyclic amines) is 1. The summed E-state index contributed by atoms with van der Waals surface area (Å²) in [6.45, 7) is 7.63. The Kier molecular flexibility index (Phi) is 7.90. The van der Waals surface area contributed by atoms with E-state index in [2.05, 4.69) is 63.4 Å². The van der Waals surface area contributed by atoms with Gasteiger partial charge in [0, 0.05) is 24.3 Å². The number of hydrogen-bond acceptors (Lipinski definition) is 4. The van der Waals surface area contributed by atoms with Crippen molar-refractivity contribution in [1.29, 1.82) is 0 Å². The van der Waals surface area contributed by atoms with Gasteiger partial charge < -0.3 is 10.2 Å². The van der Waals surface area contributed by atoms with Gasteiger partial charge in [0.15, 0.2) is 0 Å². The minimum atomic E-state index is -0.845. The van der Waals surface area contributed by atoms with Crippen molar-refractivity contribution < 1.29 is 9.59 Å². The summed E-state index contributed by atoms with van der Waals surface area (Å²) in [5, 5.41) is 10.8. The maximum absolute atomic E-state index is 13.9. The summed E-state index contributed by atoms with van der Waals surface area (Å²) in [5.41, 5.74) is 3.61. The van der Waals surface area contributed by atoms with Crippen LogP contribution in [-0.4, -0.2) is 63.0 Å². The molecule has 2 N–H and O–H groups in total. The minimum Gasteiger partial charge on any atom is -0.342 e. The Bertz CT molecular complexity index is 1180. The molecule has 1 saturated carbocycles. The number of benzene rings is 1. The highest BCUT2D eigenvalue weighted by Crippen LogP contribution is 2.40. The fourth-order valence-corrected chi connectivity index (χ4v) is 6.99. The molecule has 2 aromatic rings. The molecule has 3 fully saturated rings. The van der Waals surface area contributed by atoms with Crippen LogP contribution >= 0.6 is 0 Å². The highest BCUT2D eigenvalue weighted by Gasteiger charge is 2.54. The number of aryl methyl sites for hydroxylation is 2. The smallest absolute Gasteiger partial charge is 0.246 e. The van der Waals surface area contributed by atoms with Crippen LogP contribution in [-0.2, 0) is 9.59 Å². The predicted octanol–water partition coefficient (Wildman–Crippen LogP) is 4.27. The number of aromatic amines is 1. The van der Waals surface area contributed by atoms with Gasteiger partial charge in [0.2, 0.25) is 11.8 Å². The summed E-state index contributed by atoms with van der Waals surface area (Å²) < 4.78 is 0. The molecule has 1 aromatic carbocycles. The quantitative estimate of drug-likeness (QED) is 0.563. The molecular weight excluding hydrogens is 474 g/mol. The number of H-pyrrole nitrogens is 1. The van der Waals surface area contributed by atoms with Gasteiger partial charge in [-0.2, -0.15) is 5.10 Å². The lowest BCUT2D eigenvalue weighted by molar-refractivity contribution is -0.161. The van der Waals surface area contributed by atoms with Crippen molar-refractivity contribution in [2.24, 2.45) is 5.92 Å². The number of piperidine rings is 1. The van der Waals surface area contributed by atoms with Crippen molar-refractivity contribution in [2.45, 2.75) is 89.8 Å². The Morgan fingerprint density at radius 2 is 1.79 bits per heavy atom. The number of carbonyl (C=O) groups excluding carboxylic acids is 2. The molecule has 38 heavy (non-hydrogen) atoms. The first-order valence-corrected chi connectivity index (χ1v) is 14.3. The van der Waals surface area contributed by atoms with Crippen LogP contribution in [0, 0.1) is 31.6 Å². The van der Waals surface area contributed by atoms with Gasteiger partial charge >= 0.3 is 0 Å². The lowest BCUT2D eigenvalue weighted by atomic mass is 9.78. The molecule has 5 rings (SSSR count). The standard InChI is InChI=1S/C31H41N5O2/c1-4-5-18-36-29(37)26(21-24-12-8-6-9-13-24)32-30(38)31(36)16-19-35(20-17-31)28(25-14-10-7-11-15-25)27-22(2)33-34-23(27)3/h7,10-11,14-15,24,26,28H,6,8-9,12-13,16-21H2,1-3H3,(H,32,38)(H,33,34)/t26-,28?/m0/s1. The van der Waals surface area contributed by atoms with Gasteiger partial charge in [0.1, 0.15) is 11.6 Å². The zero-order valence-corrected chi connectivity index (χ0v) is 23.1. The topological polar surface area (TPSA) is 81.3 Å². The Balaban J connectivity index is 1.39. The summed E-state index contributed by atoms with van der Waals surface area (Å²) >= 11 is 0. The van der Waals surface area contributed by atoms with Crippen LogP contribution in [0.1, 0.15) is 86.8 Å². The first kappa shape index (κ1) is 26.5. The third-order valence-corrected chi connectivity index (χ3v) is 9.08. The van der Waals surface area contributed by atoms with E-state index in [9.17, 15) is 9.59 Å². The van der Waals surface area contributed by atoms with Crippen LogP contribution in [0.5, 0.6) is 0 Å². The van der Waals surface area contributed by atoms with E-state index in [4.69, 9.17) is 0 Å². The van der Waals surface area contributed by atoms with Gasteiger partial charge in [-0.05, 0) is 51.5 Å². The van der Waals surface area contributed by atoms with Crippen LogP contribution in [0.4, 0.5) is 0 Å². The number of hydrogen-bond donors (Lipinski definition) is 2. The van der Waals surface area contributed by atoms with E-state index in [1.165, 1.54) is 30.4 Å². The molecular formula is C31H41N5O2. The molecule has 3 heterocycles. The van der Waals surface area contributed by atoms with Crippen LogP contribution in [0.25, 0.3) is 0 Å². The van der Waals surface area contributed by atoms with Gasteiger partial charge in [0.25, 0.3) is 0 Å². The van der Waals surface area contributed by atoms with E-state index in [0.717, 1.165) is 30.7 Å². The third kappa shape index (κ3) is 4.99. The molecule has 1 aromatic heterocycles. The zero-order chi connectivity index (χ0) is 26.7. The molecule has 7 heteroatoms. The van der Waals surface area contributed by atoms with Gasteiger partial charge in [-0.3, -0.25) is 19.6 Å². The van der Waals surface area contributed by atoms with Crippen molar-refractivity contribution in [3.63, 3.8) is 0 Å². The second-order valence-corrected chi connectivity index (χ2v) is 11.3. The van der Waals surface area contributed by atoms with E-state index in [1.807, 2.05) is 17.9 Å². The molecule has 1 aliphatic carbocycles. The molecule has 0 bridgehead atoms. The molecule has 2 atom stereocenters. The normalized spacial score (nSPS) is 23.1. The lowest BCUT2D eigenvalue weighted by Gasteiger charge is -2.52. The van der Waals surface area contributed by atoms with E-state index < -0.39 is 11.6 Å². The van der Waals surface area contributed by atoms with Crippen molar-refractivity contribution in [2.75, 3.05) is 19.6 Å².